The Balaban J connectivity index is 2.03. The van der Waals surface area contributed by atoms with Gasteiger partial charge in [0.1, 0.15) is 0 Å². The lowest BCUT2D eigenvalue weighted by Crippen LogP contribution is -2.47. The van der Waals surface area contributed by atoms with Gasteiger partial charge in [0.15, 0.2) is 0 Å². The molecule has 1 aromatic carbocycles. The molecule has 1 fully saturated rings. The first-order valence-corrected chi connectivity index (χ1v) is 9.00. The van der Waals surface area contributed by atoms with E-state index in [9.17, 15) is 18.0 Å². The number of amides is 2. The van der Waals surface area contributed by atoms with Crippen LogP contribution >= 0.6 is 0 Å². The number of rotatable bonds is 5. The summed E-state index contributed by atoms with van der Waals surface area (Å²) in [4.78, 5) is 23.4. The van der Waals surface area contributed by atoms with E-state index in [0.717, 1.165) is 4.31 Å². The van der Waals surface area contributed by atoms with Crippen molar-refractivity contribution in [3.05, 3.63) is 29.8 Å². The Morgan fingerprint density at radius 1 is 1.25 bits per heavy atom. The third kappa shape index (κ3) is 4.11. The SMILES string of the molecule is CN(C)S(=O)(=O)N1CCC[C@H](C(=O)Nc2ccc(C(N)=O)cc2)C1. The maximum atomic E-state index is 12.4. The molecular weight excluding hydrogens is 332 g/mol. The molecule has 9 heteroatoms. The molecule has 8 nitrogen and oxygen atoms in total. The van der Waals surface area contributed by atoms with Crippen LogP contribution in [0.3, 0.4) is 0 Å². The van der Waals surface area contributed by atoms with Gasteiger partial charge in [0.25, 0.3) is 10.2 Å². The molecule has 3 N–H and O–H groups in total. The van der Waals surface area contributed by atoms with Gasteiger partial charge in [0.2, 0.25) is 11.8 Å². The van der Waals surface area contributed by atoms with E-state index in [1.165, 1.54) is 30.5 Å². The predicted octanol–water partition coefficient (Wildman–Crippen LogP) is 0.242. The second kappa shape index (κ2) is 7.29. The molecule has 132 valence electrons. The molecule has 1 aliphatic heterocycles. The number of nitrogens with one attached hydrogen (secondary N) is 1. The molecule has 1 atom stereocenters. The van der Waals surface area contributed by atoms with Crippen molar-refractivity contribution in [2.24, 2.45) is 11.7 Å². The van der Waals surface area contributed by atoms with E-state index in [0.29, 0.717) is 30.6 Å². The summed E-state index contributed by atoms with van der Waals surface area (Å²) in [6, 6.07) is 6.24. The maximum absolute atomic E-state index is 12.4. The molecular formula is C15H22N4O4S. The fraction of sp³-hybridized carbons (Fsp3) is 0.467. The van der Waals surface area contributed by atoms with Gasteiger partial charge in [-0.05, 0) is 37.1 Å². The molecule has 0 saturated carbocycles. The average Bonchev–Trinajstić information content (AvgIpc) is 2.55. The van der Waals surface area contributed by atoms with Gasteiger partial charge in [-0.15, -0.1) is 0 Å². The maximum Gasteiger partial charge on any atom is 0.281 e. The minimum atomic E-state index is -3.52. The highest BCUT2D eigenvalue weighted by molar-refractivity contribution is 7.86. The minimum Gasteiger partial charge on any atom is -0.366 e. The molecule has 1 aliphatic rings. The minimum absolute atomic E-state index is 0.158. The number of carbonyl (C=O) groups is 2. The van der Waals surface area contributed by atoms with Crippen LogP contribution in [0.4, 0.5) is 5.69 Å². The van der Waals surface area contributed by atoms with E-state index in [1.54, 1.807) is 12.1 Å². The summed E-state index contributed by atoms with van der Waals surface area (Å²) < 4.78 is 26.9. The Hall–Kier alpha value is -1.97. The van der Waals surface area contributed by atoms with E-state index in [4.69, 9.17) is 5.73 Å². The number of hydrogen-bond donors (Lipinski definition) is 2. The van der Waals surface area contributed by atoms with Crippen molar-refractivity contribution < 1.29 is 18.0 Å². The smallest absolute Gasteiger partial charge is 0.281 e. The van der Waals surface area contributed by atoms with E-state index >= 15 is 0 Å². The Kier molecular flexibility index (Phi) is 5.58. The summed E-state index contributed by atoms with van der Waals surface area (Å²) >= 11 is 0. The van der Waals surface area contributed by atoms with Crippen molar-refractivity contribution in [2.45, 2.75) is 12.8 Å². The Bertz CT molecular complexity index is 715. The lowest BCUT2D eigenvalue weighted by Gasteiger charge is -2.32. The molecule has 24 heavy (non-hydrogen) atoms. The summed E-state index contributed by atoms with van der Waals surface area (Å²) in [7, 11) is -0.576. The van der Waals surface area contributed by atoms with Gasteiger partial charge in [-0.2, -0.15) is 17.0 Å². The Labute approximate surface area is 141 Å². The van der Waals surface area contributed by atoms with E-state index < -0.39 is 22.0 Å². The van der Waals surface area contributed by atoms with Crippen molar-refractivity contribution in [1.29, 1.82) is 0 Å². The first-order chi connectivity index (χ1) is 11.2. The molecule has 0 aliphatic carbocycles. The number of anilines is 1. The second-order valence-electron chi connectivity index (χ2n) is 5.92. The van der Waals surface area contributed by atoms with Crippen LogP contribution in [0.2, 0.25) is 0 Å². The molecule has 0 radical (unpaired) electrons. The lowest BCUT2D eigenvalue weighted by molar-refractivity contribution is -0.120. The van der Waals surface area contributed by atoms with Crippen molar-refractivity contribution in [1.82, 2.24) is 8.61 Å². The predicted molar refractivity (Wildman–Crippen MR) is 90.5 cm³/mol. The van der Waals surface area contributed by atoms with Gasteiger partial charge in [0.05, 0.1) is 5.92 Å². The van der Waals surface area contributed by atoms with Crippen LogP contribution in [0.15, 0.2) is 24.3 Å². The molecule has 1 heterocycles. The monoisotopic (exact) mass is 354 g/mol. The zero-order valence-electron chi connectivity index (χ0n) is 13.7. The fourth-order valence-electron chi connectivity index (χ4n) is 2.56. The molecule has 2 amide bonds. The highest BCUT2D eigenvalue weighted by Crippen LogP contribution is 2.22. The van der Waals surface area contributed by atoms with Crippen molar-refractivity contribution in [3.8, 4) is 0 Å². The summed E-state index contributed by atoms with van der Waals surface area (Å²) in [6.07, 6.45) is 1.26. The van der Waals surface area contributed by atoms with Crippen molar-refractivity contribution in [3.63, 3.8) is 0 Å². The van der Waals surface area contributed by atoms with Crippen LogP contribution in [-0.2, 0) is 15.0 Å². The zero-order chi connectivity index (χ0) is 17.9. The van der Waals surface area contributed by atoms with Gasteiger partial charge in [-0.3, -0.25) is 9.59 Å². The summed E-state index contributed by atoms with van der Waals surface area (Å²) in [5.41, 5.74) is 6.06. The average molecular weight is 354 g/mol. The fourth-order valence-corrected chi connectivity index (χ4v) is 3.75. The quantitative estimate of drug-likeness (QED) is 0.788. The number of carbonyl (C=O) groups excluding carboxylic acids is 2. The molecule has 0 bridgehead atoms. The molecule has 0 unspecified atom stereocenters. The van der Waals surface area contributed by atoms with Gasteiger partial charge >= 0.3 is 0 Å². The number of primary amides is 1. The third-order valence-electron chi connectivity index (χ3n) is 3.98. The standard InChI is InChI=1S/C15H22N4O4S/c1-18(2)24(22,23)19-9-3-4-12(10-19)15(21)17-13-7-5-11(6-8-13)14(16)20/h5-8,12H,3-4,9-10H2,1-2H3,(H2,16,20)(H,17,21)/t12-/m0/s1. The number of piperidine rings is 1. The molecule has 1 aromatic rings. The van der Waals surface area contributed by atoms with Crippen LogP contribution in [-0.4, -0.2) is 56.0 Å². The molecule has 0 spiro atoms. The van der Waals surface area contributed by atoms with Crippen LogP contribution in [0.1, 0.15) is 23.2 Å². The van der Waals surface area contributed by atoms with Gasteiger partial charge in [-0.25, -0.2) is 0 Å². The first kappa shape index (κ1) is 18.4. The van der Waals surface area contributed by atoms with Gasteiger partial charge in [-0.1, -0.05) is 0 Å². The highest BCUT2D eigenvalue weighted by Gasteiger charge is 2.33. The second-order valence-corrected chi connectivity index (χ2v) is 8.06. The van der Waals surface area contributed by atoms with E-state index in [-0.39, 0.29) is 12.5 Å². The van der Waals surface area contributed by atoms with Crippen LogP contribution in [0.25, 0.3) is 0 Å². The molecule has 1 saturated heterocycles. The Morgan fingerprint density at radius 3 is 2.42 bits per heavy atom. The number of hydrogen-bond acceptors (Lipinski definition) is 4. The van der Waals surface area contributed by atoms with E-state index in [1.807, 2.05) is 0 Å². The summed E-state index contributed by atoms with van der Waals surface area (Å²) in [5.74, 6) is -1.19. The Morgan fingerprint density at radius 2 is 1.88 bits per heavy atom. The van der Waals surface area contributed by atoms with Crippen molar-refractivity contribution >= 4 is 27.7 Å². The van der Waals surface area contributed by atoms with Gasteiger partial charge < -0.3 is 11.1 Å². The first-order valence-electron chi connectivity index (χ1n) is 7.60. The number of benzene rings is 1. The van der Waals surface area contributed by atoms with Crippen LogP contribution in [0.5, 0.6) is 0 Å². The van der Waals surface area contributed by atoms with Crippen LogP contribution in [0, 0.1) is 5.92 Å². The topological polar surface area (TPSA) is 113 Å². The normalized spacial score (nSPS) is 19.2. The molecule has 2 rings (SSSR count). The highest BCUT2D eigenvalue weighted by atomic mass is 32.2. The number of nitrogens with two attached hydrogens (primary N) is 1. The van der Waals surface area contributed by atoms with E-state index in [2.05, 4.69) is 5.32 Å². The largest absolute Gasteiger partial charge is 0.366 e. The number of nitrogens with zero attached hydrogens (tertiary/aromatic N) is 2. The summed E-state index contributed by atoms with van der Waals surface area (Å²) in [5, 5.41) is 2.75. The zero-order valence-corrected chi connectivity index (χ0v) is 14.5. The van der Waals surface area contributed by atoms with Crippen LogP contribution < -0.4 is 11.1 Å². The molecule has 0 aromatic heterocycles. The summed E-state index contributed by atoms with van der Waals surface area (Å²) in [6.45, 7) is 0.573. The lowest BCUT2D eigenvalue weighted by atomic mass is 9.98. The third-order valence-corrected chi connectivity index (χ3v) is 5.89. The van der Waals surface area contributed by atoms with Gasteiger partial charge in [0, 0.05) is 38.4 Å². The van der Waals surface area contributed by atoms with Crippen molar-refractivity contribution in [2.75, 3.05) is 32.5 Å².